The number of thioether (sulfide) groups is 1. The fraction of sp³-hybridized carbons (Fsp3) is 0.688. The smallest absolute Gasteiger partial charge is 0.0574 e. The van der Waals surface area contributed by atoms with Crippen LogP contribution in [-0.4, -0.2) is 36.6 Å². The Bertz CT molecular complexity index is 366. The second-order valence-corrected chi connectivity index (χ2v) is 6.00. The quantitative estimate of drug-likeness (QED) is 0.751. The van der Waals surface area contributed by atoms with Gasteiger partial charge >= 0.3 is 0 Å². The molecule has 0 spiro atoms. The summed E-state index contributed by atoms with van der Waals surface area (Å²) in [6, 6.07) is 5.31. The van der Waals surface area contributed by atoms with Crippen LogP contribution < -0.4 is 10.2 Å². The molecule has 1 N–H and O–H groups in total. The summed E-state index contributed by atoms with van der Waals surface area (Å²) in [6.07, 6.45) is 6.41. The lowest BCUT2D eigenvalue weighted by molar-refractivity contribution is 0.524. The maximum Gasteiger partial charge on any atom is 0.0574 e. The summed E-state index contributed by atoms with van der Waals surface area (Å²) in [4.78, 5) is 7.00. The number of anilines is 1. The van der Waals surface area contributed by atoms with E-state index in [-0.39, 0.29) is 0 Å². The van der Waals surface area contributed by atoms with E-state index in [9.17, 15) is 0 Å². The average molecular weight is 295 g/mol. The van der Waals surface area contributed by atoms with Crippen LogP contribution in [0.15, 0.2) is 18.3 Å². The molecule has 1 aromatic heterocycles. The monoisotopic (exact) mass is 295 g/mol. The second kappa shape index (κ2) is 9.24. The van der Waals surface area contributed by atoms with E-state index in [4.69, 9.17) is 0 Å². The summed E-state index contributed by atoms with van der Waals surface area (Å²) in [5.41, 5.74) is 2.35. The zero-order chi connectivity index (χ0) is 15.0. The number of pyridine rings is 1. The molecule has 0 bridgehead atoms. The van der Waals surface area contributed by atoms with Crippen molar-refractivity contribution < 1.29 is 0 Å². The molecule has 4 heteroatoms. The van der Waals surface area contributed by atoms with Crippen molar-refractivity contribution in [3.8, 4) is 0 Å². The average Bonchev–Trinajstić information content (AvgIpc) is 2.50. The topological polar surface area (TPSA) is 28.2 Å². The molecule has 0 saturated heterocycles. The van der Waals surface area contributed by atoms with Crippen LogP contribution in [0.4, 0.5) is 5.69 Å². The Labute approximate surface area is 128 Å². The minimum absolute atomic E-state index is 0.368. The van der Waals surface area contributed by atoms with E-state index in [1.165, 1.54) is 5.69 Å². The van der Waals surface area contributed by atoms with Gasteiger partial charge in [0.15, 0.2) is 0 Å². The summed E-state index contributed by atoms with van der Waals surface area (Å²) in [5.74, 6) is 1.16. The fourth-order valence-electron chi connectivity index (χ4n) is 2.42. The molecule has 2 unspecified atom stereocenters. The van der Waals surface area contributed by atoms with Gasteiger partial charge < -0.3 is 10.2 Å². The Morgan fingerprint density at radius 1 is 1.25 bits per heavy atom. The van der Waals surface area contributed by atoms with Crippen LogP contribution in [-0.2, 0) is 0 Å². The summed E-state index contributed by atoms with van der Waals surface area (Å²) in [7, 11) is 2.17. The van der Waals surface area contributed by atoms with Crippen molar-refractivity contribution in [2.24, 2.45) is 0 Å². The zero-order valence-corrected chi connectivity index (χ0v) is 14.3. The van der Waals surface area contributed by atoms with Crippen LogP contribution in [0.3, 0.4) is 0 Å². The van der Waals surface area contributed by atoms with Crippen molar-refractivity contribution in [2.75, 3.05) is 30.5 Å². The normalized spacial score (nSPS) is 14.1. The lowest BCUT2D eigenvalue weighted by Crippen LogP contribution is -2.33. The summed E-state index contributed by atoms with van der Waals surface area (Å²) in [5, 5.41) is 3.47. The van der Waals surface area contributed by atoms with Gasteiger partial charge in [0, 0.05) is 24.9 Å². The van der Waals surface area contributed by atoms with E-state index in [1.54, 1.807) is 0 Å². The van der Waals surface area contributed by atoms with Gasteiger partial charge in [0.05, 0.1) is 17.6 Å². The van der Waals surface area contributed by atoms with Gasteiger partial charge in [0.2, 0.25) is 0 Å². The molecule has 0 aliphatic rings. The molecule has 0 fully saturated rings. The van der Waals surface area contributed by atoms with Gasteiger partial charge in [-0.05, 0) is 37.8 Å². The molecule has 1 aromatic rings. The van der Waals surface area contributed by atoms with Crippen molar-refractivity contribution in [3.05, 3.63) is 24.0 Å². The molecule has 0 saturated carbocycles. The first-order valence-corrected chi connectivity index (χ1v) is 8.98. The first-order chi connectivity index (χ1) is 9.67. The summed E-state index contributed by atoms with van der Waals surface area (Å²) < 4.78 is 0. The molecular weight excluding hydrogens is 266 g/mol. The maximum atomic E-state index is 4.66. The van der Waals surface area contributed by atoms with Crippen LogP contribution >= 0.6 is 11.8 Å². The van der Waals surface area contributed by atoms with Crippen LogP contribution in [0, 0.1) is 0 Å². The second-order valence-electron chi connectivity index (χ2n) is 5.09. The predicted octanol–water partition coefficient (Wildman–Crippen LogP) is 3.72. The highest BCUT2D eigenvalue weighted by atomic mass is 32.2. The highest BCUT2D eigenvalue weighted by Crippen LogP contribution is 2.21. The lowest BCUT2D eigenvalue weighted by atomic mass is 10.1. The Hall–Kier alpha value is -0.740. The van der Waals surface area contributed by atoms with Crippen molar-refractivity contribution >= 4 is 17.4 Å². The highest BCUT2D eigenvalue weighted by molar-refractivity contribution is 7.98. The van der Waals surface area contributed by atoms with Gasteiger partial charge in [-0.25, -0.2) is 0 Å². The van der Waals surface area contributed by atoms with E-state index < -0.39 is 0 Å². The molecule has 0 aliphatic heterocycles. The third-order valence-electron chi connectivity index (χ3n) is 3.77. The van der Waals surface area contributed by atoms with Crippen LogP contribution in [0.25, 0.3) is 0 Å². The molecule has 114 valence electrons. The molecule has 1 rings (SSSR count). The first kappa shape index (κ1) is 17.3. The molecule has 0 amide bonds. The van der Waals surface area contributed by atoms with Gasteiger partial charge in [-0.2, -0.15) is 11.8 Å². The standard InChI is InChI=1S/C16H29N3S/c1-6-13(12-20-5)19(4)14-9-10-16(18-11-14)15(7-2)17-8-3/h9-11,13,15,17H,6-8,12H2,1-5H3. The minimum Gasteiger partial charge on any atom is -0.370 e. The van der Waals surface area contributed by atoms with Crippen molar-refractivity contribution in [1.82, 2.24) is 10.3 Å². The third kappa shape index (κ3) is 4.67. The molecule has 0 aliphatic carbocycles. The largest absolute Gasteiger partial charge is 0.370 e. The summed E-state index contributed by atoms with van der Waals surface area (Å²) >= 11 is 1.90. The number of nitrogens with zero attached hydrogens (tertiary/aromatic N) is 2. The Morgan fingerprint density at radius 3 is 2.45 bits per heavy atom. The summed E-state index contributed by atoms with van der Waals surface area (Å²) in [6.45, 7) is 7.56. The van der Waals surface area contributed by atoms with Crippen LogP contribution in [0.5, 0.6) is 0 Å². The fourth-order valence-corrected chi connectivity index (χ4v) is 3.27. The van der Waals surface area contributed by atoms with Gasteiger partial charge in [-0.3, -0.25) is 4.98 Å². The van der Waals surface area contributed by atoms with Crippen LogP contribution in [0.1, 0.15) is 45.3 Å². The van der Waals surface area contributed by atoms with Crippen molar-refractivity contribution in [3.63, 3.8) is 0 Å². The van der Waals surface area contributed by atoms with E-state index in [2.05, 4.69) is 61.4 Å². The molecule has 0 aromatic carbocycles. The third-order valence-corrected chi connectivity index (χ3v) is 4.49. The Morgan fingerprint density at radius 2 is 2.00 bits per heavy atom. The van der Waals surface area contributed by atoms with E-state index in [0.29, 0.717) is 12.1 Å². The van der Waals surface area contributed by atoms with Crippen molar-refractivity contribution in [2.45, 2.75) is 45.7 Å². The minimum atomic E-state index is 0.368. The SMILES string of the molecule is CCNC(CC)c1ccc(N(C)C(CC)CSC)cn1. The van der Waals surface area contributed by atoms with Gasteiger partial charge in [-0.1, -0.05) is 20.8 Å². The maximum absolute atomic E-state index is 4.66. The Kier molecular flexibility index (Phi) is 8.00. The predicted molar refractivity (Wildman–Crippen MR) is 91.8 cm³/mol. The lowest BCUT2D eigenvalue weighted by Gasteiger charge is -2.29. The van der Waals surface area contributed by atoms with E-state index >= 15 is 0 Å². The molecule has 1 heterocycles. The van der Waals surface area contributed by atoms with Gasteiger partial charge in [-0.15, -0.1) is 0 Å². The van der Waals surface area contributed by atoms with Gasteiger partial charge in [0.1, 0.15) is 0 Å². The molecule has 3 nitrogen and oxygen atoms in total. The number of hydrogen-bond acceptors (Lipinski definition) is 4. The number of aromatic nitrogens is 1. The van der Waals surface area contributed by atoms with Crippen LogP contribution in [0.2, 0.25) is 0 Å². The zero-order valence-electron chi connectivity index (χ0n) is 13.5. The van der Waals surface area contributed by atoms with E-state index in [0.717, 1.165) is 30.8 Å². The number of hydrogen-bond donors (Lipinski definition) is 1. The Balaban J connectivity index is 2.78. The highest BCUT2D eigenvalue weighted by Gasteiger charge is 2.14. The molecular formula is C16H29N3S. The molecule has 20 heavy (non-hydrogen) atoms. The molecule has 0 radical (unpaired) electrons. The number of rotatable bonds is 9. The van der Waals surface area contributed by atoms with Gasteiger partial charge in [0.25, 0.3) is 0 Å². The number of nitrogens with one attached hydrogen (secondary N) is 1. The first-order valence-electron chi connectivity index (χ1n) is 7.58. The van der Waals surface area contributed by atoms with Crippen molar-refractivity contribution in [1.29, 1.82) is 0 Å². The van der Waals surface area contributed by atoms with E-state index in [1.807, 2.05) is 18.0 Å². The molecule has 2 atom stereocenters.